The van der Waals surface area contributed by atoms with Crippen LogP contribution in [0.4, 0.5) is 4.79 Å². The zero-order valence-electron chi connectivity index (χ0n) is 16.8. The number of ketones is 1. The number of rotatable bonds is 6. The molecule has 2 aliphatic heterocycles. The van der Waals surface area contributed by atoms with Gasteiger partial charge in [0.2, 0.25) is 0 Å². The molecule has 0 aliphatic carbocycles. The molecule has 0 bridgehead atoms. The van der Waals surface area contributed by atoms with Crippen LogP contribution in [0.25, 0.3) is 0 Å². The van der Waals surface area contributed by atoms with Gasteiger partial charge < -0.3 is 19.5 Å². The number of benzene rings is 2. The number of urea groups is 1. The van der Waals surface area contributed by atoms with Crippen molar-refractivity contribution in [3.05, 3.63) is 53.6 Å². The Bertz CT molecular complexity index is 1020. The van der Waals surface area contributed by atoms with Crippen LogP contribution in [0.15, 0.2) is 42.5 Å². The lowest BCUT2D eigenvalue weighted by atomic mass is 9.92. The molecule has 1 saturated heterocycles. The maximum Gasteiger partial charge on any atom is 0.325 e. The second-order valence-corrected chi connectivity index (χ2v) is 7.42. The van der Waals surface area contributed by atoms with Crippen molar-refractivity contribution < 1.29 is 28.6 Å². The smallest absolute Gasteiger partial charge is 0.325 e. The highest BCUT2D eigenvalue weighted by molar-refractivity contribution is 6.11. The third kappa shape index (κ3) is 3.56. The Kier molecular flexibility index (Phi) is 5.07. The third-order valence-electron chi connectivity index (χ3n) is 5.25. The maximum atomic E-state index is 13.0. The Morgan fingerprint density at radius 2 is 1.87 bits per heavy atom. The minimum Gasteiger partial charge on any atom is -0.496 e. The van der Waals surface area contributed by atoms with Gasteiger partial charge in [0.15, 0.2) is 17.3 Å². The van der Waals surface area contributed by atoms with Crippen LogP contribution in [0.5, 0.6) is 17.2 Å². The number of hydrogen-bond donors (Lipinski definition) is 1. The fraction of sp³-hybridized carbons (Fsp3) is 0.318. The Morgan fingerprint density at radius 3 is 2.63 bits per heavy atom. The summed E-state index contributed by atoms with van der Waals surface area (Å²) < 4.78 is 16.3. The number of amides is 3. The summed E-state index contributed by atoms with van der Waals surface area (Å²) in [5.41, 5.74) is -0.0342. The molecule has 156 valence electrons. The van der Waals surface area contributed by atoms with Crippen molar-refractivity contribution in [2.45, 2.75) is 18.9 Å². The standard InChI is InChI=1S/C22H22N2O6/c1-22(12-15-5-3-4-6-17(15)28-2)20(26)24(21(27)23-22)13-16(25)14-7-8-18-19(11-14)30-10-9-29-18/h3-8,11H,9-10,12-13H2,1-2H3,(H,23,27)/t22-/m1/s1. The van der Waals surface area contributed by atoms with Crippen LogP contribution in [0.1, 0.15) is 22.8 Å². The van der Waals surface area contributed by atoms with Crippen molar-refractivity contribution >= 4 is 17.7 Å². The van der Waals surface area contributed by atoms with E-state index >= 15 is 0 Å². The molecule has 3 amide bonds. The molecule has 1 atom stereocenters. The van der Waals surface area contributed by atoms with Crippen molar-refractivity contribution in [2.75, 3.05) is 26.9 Å². The van der Waals surface area contributed by atoms with Gasteiger partial charge in [-0.1, -0.05) is 18.2 Å². The van der Waals surface area contributed by atoms with E-state index in [9.17, 15) is 14.4 Å². The highest BCUT2D eigenvalue weighted by atomic mass is 16.6. The number of imide groups is 1. The van der Waals surface area contributed by atoms with Gasteiger partial charge in [0.25, 0.3) is 5.91 Å². The summed E-state index contributed by atoms with van der Waals surface area (Å²) in [7, 11) is 1.55. The van der Waals surface area contributed by atoms with Crippen molar-refractivity contribution in [2.24, 2.45) is 0 Å². The number of Topliss-reactive ketones (excluding diaryl/α,β-unsaturated/α-hetero) is 1. The van der Waals surface area contributed by atoms with Crippen LogP contribution in [-0.4, -0.2) is 55.0 Å². The van der Waals surface area contributed by atoms with E-state index in [1.807, 2.05) is 18.2 Å². The van der Waals surface area contributed by atoms with Gasteiger partial charge in [0, 0.05) is 12.0 Å². The molecule has 2 aliphatic rings. The lowest BCUT2D eigenvalue weighted by Crippen LogP contribution is -2.46. The molecule has 1 N–H and O–H groups in total. The molecule has 2 aromatic rings. The normalized spacial score (nSPS) is 20.1. The summed E-state index contributed by atoms with van der Waals surface area (Å²) in [4.78, 5) is 39.3. The molecule has 4 rings (SSSR count). The monoisotopic (exact) mass is 410 g/mol. The molecule has 0 unspecified atom stereocenters. The first-order valence-corrected chi connectivity index (χ1v) is 9.60. The minimum absolute atomic E-state index is 0.246. The van der Waals surface area contributed by atoms with E-state index in [0.29, 0.717) is 36.0 Å². The van der Waals surface area contributed by atoms with Crippen molar-refractivity contribution in [3.63, 3.8) is 0 Å². The quantitative estimate of drug-likeness (QED) is 0.580. The molecule has 0 saturated carbocycles. The predicted octanol–water partition coefficient (Wildman–Crippen LogP) is 2.20. The van der Waals surface area contributed by atoms with E-state index in [4.69, 9.17) is 14.2 Å². The second-order valence-electron chi connectivity index (χ2n) is 7.42. The molecule has 2 aromatic carbocycles. The zero-order valence-corrected chi connectivity index (χ0v) is 16.8. The molecule has 0 aromatic heterocycles. The molecule has 0 spiro atoms. The summed E-state index contributed by atoms with van der Waals surface area (Å²) >= 11 is 0. The molecule has 8 heteroatoms. The van der Waals surface area contributed by atoms with E-state index in [-0.39, 0.29) is 18.7 Å². The SMILES string of the molecule is COc1ccccc1C[C@@]1(C)NC(=O)N(CC(=O)c2ccc3c(c2)OCCO3)C1=O. The highest BCUT2D eigenvalue weighted by Gasteiger charge is 2.48. The van der Waals surface area contributed by atoms with Gasteiger partial charge >= 0.3 is 6.03 Å². The summed E-state index contributed by atoms with van der Waals surface area (Å²) in [6.45, 7) is 2.15. The van der Waals surface area contributed by atoms with E-state index in [0.717, 1.165) is 10.5 Å². The van der Waals surface area contributed by atoms with E-state index in [2.05, 4.69) is 5.32 Å². The molecular weight excluding hydrogens is 388 g/mol. The summed E-state index contributed by atoms with van der Waals surface area (Å²) in [6, 6.07) is 11.5. The van der Waals surface area contributed by atoms with Gasteiger partial charge in [0.1, 0.15) is 24.5 Å². The first-order chi connectivity index (χ1) is 14.4. The molecule has 8 nitrogen and oxygen atoms in total. The van der Waals surface area contributed by atoms with Gasteiger partial charge in [0.05, 0.1) is 13.7 Å². The number of nitrogens with one attached hydrogen (secondary N) is 1. The zero-order chi connectivity index (χ0) is 21.3. The van der Waals surface area contributed by atoms with Gasteiger partial charge in [-0.3, -0.25) is 14.5 Å². The number of nitrogens with zero attached hydrogens (tertiary/aromatic N) is 1. The van der Waals surface area contributed by atoms with Gasteiger partial charge in [-0.25, -0.2) is 4.79 Å². The number of fused-ring (bicyclic) bond motifs is 1. The van der Waals surface area contributed by atoms with Crippen LogP contribution in [0.2, 0.25) is 0 Å². The minimum atomic E-state index is -1.17. The number of methoxy groups -OCH3 is 1. The lowest BCUT2D eigenvalue weighted by molar-refractivity contribution is -0.130. The van der Waals surface area contributed by atoms with E-state index < -0.39 is 17.5 Å². The average Bonchev–Trinajstić information content (AvgIpc) is 2.96. The Morgan fingerprint density at radius 1 is 1.13 bits per heavy atom. The third-order valence-corrected chi connectivity index (χ3v) is 5.25. The van der Waals surface area contributed by atoms with Gasteiger partial charge in [-0.15, -0.1) is 0 Å². The summed E-state index contributed by atoms with van der Waals surface area (Å²) in [5.74, 6) is 0.857. The number of para-hydroxylation sites is 1. The van der Waals surface area contributed by atoms with Crippen LogP contribution in [0.3, 0.4) is 0 Å². The second kappa shape index (κ2) is 7.70. The van der Waals surface area contributed by atoms with Crippen LogP contribution >= 0.6 is 0 Å². The van der Waals surface area contributed by atoms with Crippen LogP contribution < -0.4 is 19.5 Å². The fourth-order valence-electron chi connectivity index (χ4n) is 3.69. The number of hydrogen-bond acceptors (Lipinski definition) is 6. The van der Waals surface area contributed by atoms with E-state index in [1.165, 1.54) is 0 Å². The predicted molar refractivity (Wildman–Crippen MR) is 107 cm³/mol. The molecule has 0 radical (unpaired) electrons. The number of carbonyl (C=O) groups is 3. The lowest BCUT2D eigenvalue weighted by Gasteiger charge is -2.23. The number of carbonyl (C=O) groups excluding carboxylic acids is 3. The maximum absolute atomic E-state index is 13.0. The molecular formula is C22H22N2O6. The largest absolute Gasteiger partial charge is 0.496 e. The Balaban J connectivity index is 1.50. The highest BCUT2D eigenvalue weighted by Crippen LogP contribution is 2.31. The van der Waals surface area contributed by atoms with Gasteiger partial charge in [-0.2, -0.15) is 0 Å². The average molecular weight is 410 g/mol. The summed E-state index contributed by atoms with van der Waals surface area (Å²) in [5, 5.41) is 2.72. The molecule has 1 fully saturated rings. The van der Waals surface area contributed by atoms with Crippen molar-refractivity contribution in [1.29, 1.82) is 0 Å². The van der Waals surface area contributed by atoms with Gasteiger partial charge in [-0.05, 0) is 36.8 Å². The number of ether oxygens (including phenoxy) is 3. The molecule has 2 heterocycles. The summed E-state index contributed by atoms with van der Waals surface area (Å²) in [6.07, 6.45) is 0.246. The first kappa shape index (κ1) is 19.8. The Hall–Kier alpha value is -3.55. The van der Waals surface area contributed by atoms with Crippen LogP contribution in [-0.2, 0) is 11.2 Å². The van der Waals surface area contributed by atoms with Crippen LogP contribution in [0, 0.1) is 0 Å². The Labute approximate surface area is 173 Å². The topological polar surface area (TPSA) is 94.2 Å². The fourth-order valence-corrected chi connectivity index (χ4v) is 3.69. The first-order valence-electron chi connectivity index (χ1n) is 9.60. The van der Waals surface area contributed by atoms with E-state index in [1.54, 1.807) is 38.3 Å². The van der Waals surface area contributed by atoms with Crippen molar-refractivity contribution in [3.8, 4) is 17.2 Å². The van der Waals surface area contributed by atoms with Crippen molar-refractivity contribution in [1.82, 2.24) is 10.2 Å². The molecule has 30 heavy (non-hydrogen) atoms.